The third-order valence-electron chi connectivity index (χ3n) is 5.49. The summed E-state index contributed by atoms with van der Waals surface area (Å²) < 4.78 is 24.6. The molecule has 3 aromatic rings. The minimum absolute atomic E-state index is 0.0712. The predicted molar refractivity (Wildman–Crippen MR) is 118 cm³/mol. The Hall–Kier alpha value is -3.45. The van der Waals surface area contributed by atoms with Crippen LogP contribution < -0.4 is 10.2 Å². The standard InChI is InChI=1S/C25H25FN2O4/c1-27(2)25(30)18-5-3-17(4-6-18)15-32-24-16-31-22(12-23(24)29)14-28-10-9-19-11-21(26)8-7-20(19)13-28/h3-8,11-12,16H,9-10,13-15H2,1-2H3. The molecule has 1 aromatic heterocycles. The van der Waals surface area contributed by atoms with Gasteiger partial charge in [-0.05, 0) is 47.4 Å². The molecule has 0 bridgehead atoms. The number of fused-ring (bicyclic) bond motifs is 1. The van der Waals surface area contributed by atoms with Crippen LogP contribution in [0.15, 0.2) is 64.0 Å². The van der Waals surface area contributed by atoms with E-state index >= 15 is 0 Å². The summed E-state index contributed by atoms with van der Waals surface area (Å²) in [4.78, 5) is 28.1. The van der Waals surface area contributed by atoms with E-state index < -0.39 is 0 Å². The van der Waals surface area contributed by atoms with Crippen LogP contribution in [0.2, 0.25) is 0 Å². The van der Waals surface area contributed by atoms with Crippen LogP contribution in [0.25, 0.3) is 0 Å². The van der Waals surface area contributed by atoms with Gasteiger partial charge >= 0.3 is 0 Å². The molecule has 4 rings (SSSR count). The van der Waals surface area contributed by atoms with Gasteiger partial charge < -0.3 is 14.1 Å². The lowest BCUT2D eigenvalue weighted by Crippen LogP contribution is -2.30. The monoisotopic (exact) mass is 436 g/mol. The number of benzene rings is 2. The Bertz CT molecular complexity index is 1170. The van der Waals surface area contributed by atoms with Gasteiger partial charge in [-0.15, -0.1) is 0 Å². The second kappa shape index (κ2) is 9.36. The lowest BCUT2D eigenvalue weighted by Gasteiger charge is -2.28. The number of hydrogen-bond acceptors (Lipinski definition) is 5. The van der Waals surface area contributed by atoms with E-state index in [9.17, 15) is 14.0 Å². The molecule has 0 fully saturated rings. The average Bonchev–Trinajstić information content (AvgIpc) is 2.78. The lowest BCUT2D eigenvalue weighted by atomic mass is 9.99. The second-order valence-corrected chi connectivity index (χ2v) is 8.13. The Morgan fingerprint density at radius 2 is 1.91 bits per heavy atom. The molecule has 0 unspecified atom stereocenters. The van der Waals surface area contributed by atoms with Crippen LogP contribution in [-0.4, -0.2) is 36.3 Å². The van der Waals surface area contributed by atoms with Gasteiger partial charge in [-0.25, -0.2) is 4.39 Å². The highest BCUT2D eigenvalue weighted by Gasteiger charge is 2.18. The summed E-state index contributed by atoms with van der Waals surface area (Å²) in [5.74, 6) is 0.413. The molecule has 1 aliphatic heterocycles. The Labute approximate surface area is 185 Å². The molecule has 0 saturated carbocycles. The number of carbonyl (C=O) groups excluding carboxylic acids is 1. The van der Waals surface area contributed by atoms with Crippen molar-refractivity contribution in [2.45, 2.75) is 26.1 Å². The van der Waals surface area contributed by atoms with Gasteiger partial charge in [-0.1, -0.05) is 18.2 Å². The molecule has 6 nitrogen and oxygen atoms in total. The zero-order chi connectivity index (χ0) is 22.7. The highest BCUT2D eigenvalue weighted by Crippen LogP contribution is 2.21. The topological polar surface area (TPSA) is 63.0 Å². The first-order chi connectivity index (χ1) is 15.4. The van der Waals surface area contributed by atoms with Crippen LogP contribution >= 0.6 is 0 Å². The van der Waals surface area contributed by atoms with Crippen LogP contribution in [0, 0.1) is 5.82 Å². The summed E-state index contributed by atoms with van der Waals surface area (Å²) in [6.45, 7) is 2.14. The lowest BCUT2D eigenvalue weighted by molar-refractivity contribution is 0.0827. The summed E-state index contributed by atoms with van der Waals surface area (Å²) in [5, 5.41) is 0. The molecule has 32 heavy (non-hydrogen) atoms. The number of ether oxygens (including phenoxy) is 1. The molecule has 1 amide bonds. The smallest absolute Gasteiger partial charge is 0.253 e. The van der Waals surface area contributed by atoms with Gasteiger partial charge in [0.25, 0.3) is 5.91 Å². The fourth-order valence-electron chi connectivity index (χ4n) is 3.72. The molecule has 166 valence electrons. The molecule has 0 N–H and O–H groups in total. The van der Waals surface area contributed by atoms with Crippen molar-refractivity contribution in [1.29, 1.82) is 0 Å². The van der Waals surface area contributed by atoms with Crippen molar-refractivity contribution in [2.75, 3.05) is 20.6 Å². The summed E-state index contributed by atoms with van der Waals surface area (Å²) in [6.07, 6.45) is 2.10. The maximum atomic E-state index is 13.4. The van der Waals surface area contributed by atoms with Gasteiger partial charge in [-0.3, -0.25) is 14.5 Å². The quantitative estimate of drug-likeness (QED) is 0.591. The van der Waals surface area contributed by atoms with Crippen LogP contribution in [-0.2, 0) is 26.1 Å². The maximum absolute atomic E-state index is 13.4. The molecule has 2 heterocycles. The Balaban J connectivity index is 1.35. The van der Waals surface area contributed by atoms with Gasteiger partial charge in [0.1, 0.15) is 24.4 Å². The summed E-state index contributed by atoms with van der Waals surface area (Å²) in [5.41, 5.74) is 3.31. The fourth-order valence-corrected chi connectivity index (χ4v) is 3.72. The van der Waals surface area contributed by atoms with Crippen LogP contribution in [0.1, 0.15) is 32.8 Å². The maximum Gasteiger partial charge on any atom is 0.253 e. The number of amides is 1. The Morgan fingerprint density at radius 3 is 2.62 bits per heavy atom. The Kier molecular flexibility index (Phi) is 6.37. The van der Waals surface area contributed by atoms with Crippen molar-refractivity contribution in [3.63, 3.8) is 0 Å². The first-order valence-corrected chi connectivity index (χ1v) is 10.4. The first kappa shape index (κ1) is 21.8. The molecule has 7 heteroatoms. The van der Waals surface area contributed by atoms with Crippen LogP contribution in [0.4, 0.5) is 4.39 Å². The zero-order valence-electron chi connectivity index (χ0n) is 18.1. The first-order valence-electron chi connectivity index (χ1n) is 10.4. The molecule has 0 aliphatic carbocycles. The van der Waals surface area contributed by atoms with Gasteiger partial charge in [0.2, 0.25) is 11.2 Å². The normalized spacial score (nSPS) is 13.5. The Morgan fingerprint density at radius 1 is 1.12 bits per heavy atom. The molecule has 0 atom stereocenters. The van der Waals surface area contributed by atoms with E-state index in [-0.39, 0.29) is 29.5 Å². The van der Waals surface area contributed by atoms with E-state index in [0.717, 1.165) is 29.7 Å². The SMILES string of the molecule is CN(C)C(=O)c1ccc(COc2coc(CN3CCc4cc(F)ccc4C3)cc2=O)cc1. The fraction of sp³-hybridized carbons (Fsp3) is 0.280. The van der Waals surface area contributed by atoms with Gasteiger partial charge in [0.15, 0.2) is 0 Å². The second-order valence-electron chi connectivity index (χ2n) is 8.13. The average molecular weight is 436 g/mol. The number of nitrogens with zero attached hydrogens (tertiary/aromatic N) is 2. The highest BCUT2D eigenvalue weighted by molar-refractivity contribution is 5.93. The summed E-state index contributed by atoms with van der Waals surface area (Å²) in [7, 11) is 3.40. The minimum Gasteiger partial charge on any atom is -0.482 e. The van der Waals surface area contributed by atoms with E-state index in [1.165, 1.54) is 23.3 Å². The number of carbonyl (C=O) groups is 1. The minimum atomic E-state index is -0.245. The summed E-state index contributed by atoms with van der Waals surface area (Å²) in [6, 6.07) is 13.4. The number of rotatable bonds is 6. The largest absolute Gasteiger partial charge is 0.482 e. The van der Waals surface area contributed by atoms with E-state index in [2.05, 4.69) is 4.90 Å². The molecular weight excluding hydrogens is 411 g/mol. The molecular formula is C25H25FN2O4. The molecule has 0 spiro atoms. The third-order valence-corrected chi connectivity index (χ3v) is 5.49. The van der Waals surface area contributed by atoms with Crippen molar-refractivity contribution in [3.8, 4) is 5.75 Å². The molecule has 1 aliphatic rings. The van der Waals surface area contributed by atoms with E-state index in [1.54, 1.807) is 44.4 Å². The van der Waals surface area contributed by atoms with Crippen molar-refractivity contribution in [2.24, 2.45) is 0 Å². The van der Waals surface area contributed by atoms with Crippen LogP contribution in [0.3, 0.4) is 0 Å². The van der Waals surface area contributed by atoms with Crippen molar-refractivity contribution < 1.29 is 18.3 Å². The number of halogens is 1. The molecule has 0 saturated heterocycles. The third kappa shape index (κ3) is 5.06. The van der Waals surface area contributed by atoms with Crippen molar-refractivity contribution in [1.82, 2.24) is 9.80 Å². The molecule has 2 aromatic carbocycles. The van der Waals surface area contributed by atoms with Gasteiger partial charge in [-0.2, -0.15) is 0 Å². The van der Waals surface area contributed by atoms with Crippen LogP contribution in [0.5, 0.6) is 5.75 Å². The van der Waals surface area contributed by atoms with Gasteiger partial charge in [0, 0.05) is 38.8 Å². The molecule has 0 radical (unpaired) electrons. The zero-order valence-corrected chi connectivity index (χ0v) is 18.1. The number of hydrogen-bond donors (Lipinski definition) is 0. The van der Waals surface area contributed by atoms with Crippen molar-refractivity contribution >= 4 is 5.91 Å². The van der Waals surface area contributed by atoms with Crippen molar-refractivity contribution in [3.05, 3.63) is 98.8 Å². The van der Waals surface area contributed by atoms with Gasteiger partial charge in [0.05, 0.1) is 6.54 Å². The highest BCUT2D eigenvalue weighted by atomic mass is 19.1. The van der Waals surface area contributed by atoms with E-state index in [1.807, 2.05) is 6.07 Å². The van der Waals surface area contributed by atoms with E-state index in [4.69, 9.17) is 9.15 Å². The predicted octanol–water partition coefficient (Wildman–Crippen LogP) is 3.62. The van der Waals surface area contributed by atoms with E-state index in [0.29, 0.717) is 24.4 Å². The summed E-state index contributed by atoms with van der Waals surface area (Å²) >= 11 is 0.